The maximum atomic E-state index is 11.0. The SMILES string of the molecule is Cn1cc(-c2cnc3ccc(Cl)nc3c2)c(C=O)n1.Cn1cc(-c2cnc3ccc(Cl)nc3c2)c(CO)n1. The lowest BCUT2D eigenvalue weighted by Crippen LogP contribution is -1.91. The van der Waals surface area contributed by atoms with E-state index in [4.69, 9.17) is 23.2 Å². The molecule has 0 spiro atoms. The topological polar surface area (TPSA) is 124 Å². The van der Waals surface area contributed by atoms with Gasteiger partial charge in [-0.25, -0.2) is 9.97 Å². The molecule has 38 heavy (non-hydrogen) atoms. The second-order valence-corrected chi connectivity index (χ2v) is 9.11. The Balaban J connectivity index is 0.000000155. The lowest BCUT2D eigenvalue weighted by molar-refractivity contribution is 0.111. The summed E-state index contributed by atoms with van der Waals surface area (Å²) in [4.78, 5) is 28.1. The van der Waals surface area contributed by atoms with Crippen molar-refractivity contribution in [1.29, 1.82) is 0 Å². The van der Waals surface area contributed by atoms with E-state index in [2.05, 4.69) is 30.1 Å². The van der Waals surface area contributed by atoms with Crippen LogP contribution in [0.2, 0.25) is 10.3 Å². The van der Waals surface area contributed by atoms with Gasteiger partial charge in [-0.05, 0) is 36.4 Å². The fourth-order valence-corrected chi connectivity index (χ4v) is 4.27. The molecule has 6 aromatic heterocycles. The van der Waals surface area contributed by atoms with Gasteiger partial charge in [-0.15, -0.1) is 0 Å². The Morgan fingerprint density at radius 2 is 1.32 bits per heavy atom. The second-order valence-electron chi connectivity index (χ2n) is 8.33. The number of aromatic nitrogens is 8. The molecule has 190 valence electrons. The largest absolute Gasteiger partial charge is 0.390 e. The van der Waals surface area contributed by atoms with Gasteiger partial charge in [0.05, 0.1) is 34.4 Å². The highest BCUT2D eigenvalue weighted by Crippen LogP contribution is 2.26. The van der Waals surface area contributed by atoms with Crippen LogP contribution in [0.4, 0.5) is 0 Å². The van der Waals surface area contributed by atoms with Gasteiger partial charge in [-0.1, -0.05) is 23.2 Å². The second kappa shape index (κ2) is 10.6. The molecule has 0 bridgehead atoms. The number of carbonyl (C=O) groups is 1. The van der Waals surface area contributed by atoms with Gasteiger partial charge in [-0.2, -0.15) is 10.2 Å². The van der Waals surface area contributed by atoms with Gasteiger partial charge in [0.15, 0.2) is 6.29 Å². The zero-order valence-corrected chi connectivity index (χ0v) is 21.8. The van der Waals surface area contributed by atoms with Crippen LogP contribution in [0.1, 0.15) is 16.2 Å². The molecule has 6 aromatic rings. The van der Waals surface area contributed by atoms with E-state index in [9.17, 15) is 9.90 Å². The van der Waals surface area contributed by atoms with Crippen LogP contribution >= 0.6 is 23.2 Å². The van der Waals surface area contributed by atoms with E-state index >= 15 is 0 Å². The molecule has 0 amide bonds. The van der Waals surface area contributed by atoms with E-state index in [1.165, 1.54) is 0 Å². The monoisotopic (exact) mass is 546 g/mol. The summed E-state index contributed by atoms with van der Waals surface area (Å²) in [6, 6.07) is 10.8. The first-order valence-corrected chi connectivity index (χ1v) is 12.1. The van der Waals surface area contributed by atoms with Gasteiger partial charge in [0.1, 0.15) is 16.0 Å². The zero-order valence-electron chi connectivity index (χ0n) is 20.2. The molecule has 0 aliphatic heterocycles. The first kappa shape index (κ1) is 25.4. The van der Waals surface area contributed by atoms with Gasteiger partial charge >= 0.3 is 0 Å². The van der Waals surface area contributed by atoms with Crippen molar-refractivity contribution >= 4 is 51.6 Å². The average Bonchev–Trinajstić information content (AvgIpc) is 3.49. The first-order valence-electron chi connectivity index (χ1n) is 11.3. The summed E-state index contributed by atoms with van der Waals surface area (Å²) >= 11 is 11.8. The predicted molar refractivity (Wildman–Crippen MR) is 145 cm³/mol. The standard InChI is InChI=1S/C13H11ClN4O.C13H9ClN4O/c2*1-18-6-9(12(7-19)17-18)8-4-11-10(15-5-8)2-3-13(14)16-11/h2-6,19H,7H2,1H3;2-7H,1H3. The highest BCUT2D eigenvalue weighted by Gasteiger charge is 2.12. The van der Waals surface area contributed by atoms with Crippen molar-refractivity contribution < 1.29 is 9.90 Å². The first-order chi connectivity index (χ1) is 18.3. The Hall–Kier alpha value is -4.25. The van der Waals surface area contributed by atoms with Crippen LogP contribution in [0.5, 0.6) is 0 Å². The van der Waals surface area contributed by atoms with Crippen molar-refractivity contribution in [2.24, 2.45) is 14.1 Å². The number of hydrogen-bond donors (Lipinski definition) is 1. The van der Waals surface area contributed by atoms with Crippen LogP contribution in [0.25, 0.3) is 44.3 Å². The van der Waals surface area contributed by atoms with Crippen molar-refractivity contribution in [2.75, 3.05) is 0 Å². The summed E-state index contributed by atoms with van der Waals surface area (Å²) in [5.74, 6) is 0. The molecule has 6 rings (SSSR count). The molecule has 0 radical (unpaired) electrons. The Morgan fingerprint density at radius 3 is 1.87 bits per heavy atom. The van der Waals surface area contributed by atoms with Gasteiger partial charge < -0.3 is 5.11 Å². The summed E-state index contributed by atoms with van der Waals surface area (Å²) in [5, 5.41) is 18.4. The van der Waals surface area contributed by atoms with Gasteiger partial charge in [0.25, 0.3) is 0 Å². The number of carbonyl (C=O) groups excluding carboxylic acids is 1. The third-order valence-electron chi connectivity index (χ3n) is 5.65. The molecule has 6 heterocycles. The maximum Gasteiger partial charge on any atom is 0.170 e. The number of pyridine rings is 4. The van der Waals surface area contributed by atoms with Gasteiger partial charge in [-0.3, -0.25) is 24.1 Å². The quantitative estimate of drug-likeness (QED) is 0.249. The lowest BCUT2D eigenvalue weighted by atomic mass is 10.1. The van der Waals surface area contributed by atoms with Crippen LogP contribution < -0.4 is 0 Å². The van der Waals surface area contributed by atoms with E-state index in [1.54, 1.807) is 53.2 Å². The average molecular weight is 547 g/mol. The van der Waals surface area contributed by atoms with Crippen molar-refractivity contribution in [3.05, 3.63) is 82.9 Å². The fraction of sp³-hybridized carbons (Fsp3) is 0.115. The van der Waals surface area contributed by atoms with Crippen molar-refractivity contribution in [2.45, 2.75) is 6.61 Å². The predicted octanol–water partition coefficient (Wildman–Crippen LogP) is 4.67. The Bertz CT molecular complexity index is 1800. The zero-order chi connectivity index (χ0) is 26.8. The number of aliphatic hydroxyl groups excluding tert-OH is 1. The van der Waals surface area contributed by atoms with E-state index in [0.29, 0.717) is 27.2 Å². The normalized spacial score (nSPS) is 11.0. The molecule has 0 aromatic carbocycles. The van der Waals surface area contributed by atoms with Crippen molar-refractivity contribution in [3.8, 4) is 22.3 Å². The van der Waals surface area contributed by atoms with E-state index < -0.39 is 0 Å². The van der Waals surface area contributed by atoms with Crippen LogP contribution in [0.15, 0.2) is 61.2 Å². The van der Waals surface area contributed by atoms with Crippen molar-refractivity contribution in [1.82, 2.24) is 39.5 Å². The number of aldehydes is 1. The molecular weight excluding hydrogens is 527 g/mol. The number of fused-ring (bicyclic) bond motifs is 2. The number of halogens is 2. The Kier molecular flexibility index (Phi) is 7.10. The van der Waals surface area contributed by atoms with Crippen molar-refractivity contribution in [3.63, 3.8) is 0 Å². The summed E-state index contributed by atoms with van der Waals surface area (Å²) < 4.78 is 3.26. The molecule has 0 aliphatic rings. The van der Waals surface area contributed by atoms with Crippen LogP contribution in [0, 0.1) is 0 Å². The number of aryl methyl sites for hydroxylation is 2. The minimum absolute atomic E-state index is 0.114. The van der Waals surface area contributed by atoms with E-state index in [1.807, 2.05) is 31.4 Å². The molecule has 0 aliphatic carbocycles. The molecular formula is C26H20Cl2N8O2. The smallest absolute Gasteiger partial charge is 0.170 e. The molecule has 0 fully saturated rings. The van der Waals surface area contributed by atoms with Crippen LogP contribution in [-0.2, 0) is 20.7 Å². The summed E-state index contributed by atoms with van der Waals surface area (Å²) in [5.41, 5.74) is 7.17. The molecule has 0 saturated carbocycles. The third-order valence-corrected chi connectivity index (χ3v) is 6.07. The summed E-state index contributed by atoms with van der Waals surface area (Å²) in [7, 11) is 3.58. The summed E-state index contributed by atoms with van der Waals surface area (Å²) in [6.07, 6.45) is 7.79. The van der Waals surface area contributed by atoms with Gasteiger partial charge in [0, 0.05) is 61.1 Å². The number of rotatable bonds is 4. The third kappa shape index (κ3) is 5.23. The minimum atomic E-state index is -0.114. The van der Waals surface area contributed by atoms with Crippen LogP contribution in [-0.4, -0.2) is 50.9 Å². The van der Waals surface area contributed by atoms with Crippen LogP contribution in [0.3, 0.4) is 0 Å². The highest BCUT2D eigenvalue weighted by atomic mass is 35.5. The molecule has 1 N–H and O–H groups in total. The highest BCUT2D eigenvalue weighted by molar-refractivity contribution is 6.30. The van der Waals surface area contributed by atoms with E-state index in [0.717, 1.165) is 45.1 Å². The Morgan fingerprint density at radius 1 is 0.789 bits per heavy atom. The molecule has 0 atom stereocenters. The molecule has 12 heteroatoms. The number of nitrogens with zero attached hydrogens (tertiary/aromatic N) is 8. The Labute approximate surface area is 226 Å². The van der Waals surface area contributed by atoms with E-state index in [-0.39, 0.29) is 6.61 Å². The maximum absolute atomic E-state index is 11.0. The number of aliphatic hydroxyl groups is 1. The lowest BCUT2D eigenvalue weighted by Gasteiger charge is -2.02. The summed E-state index contributed by atoms with van der Waals surface area (Å²) in [6.45, 7) is -0.114. The molecule has 10 nitrogen and oxygen atoms in total. The number of hydrogen-bond acceptors (Lipinski definition) is 8. The molecule has 0 unspecified atom stereocenters. The minimum Gasteiger partial charge on any atom is -0.390 e. The molecule has 0 saturated heterocycles. The van der Waals surface area contributed by atoms with Gasteiger partial charge in [0.2, 0.25) is 0 Å². The fourth-order valence-electron chi connectivity index (χ4n) is 3.97.